The number of hydrazone groups is 1. The van der Waals surface area contributed by atoms with Crippen LogP contribution in [0.5, 0.6) is 0 Å². The summed E-state index contributed by atoms with van der Waals surface area (Å²) in [5.41, 5.74) is 2.52. The van der Waals surface area contributed by atoms with Crippen molar-refractivity contribution in [3.8, 4) is 0 Å². The minimum Gasteiger partial charge on any atom is -0.465 e. The average Bonchev–Trinajstić information content (AvgIpc) is 2.99. The summed E-state index contributed by atoms with van der Waals surface area (Å²) in [6.45, 7) is 1.78. The van der Waals surface area contributed by atoms with Gasteiger partial charge < -0.3 is 4.42 Å². The van der Waals surface area contributed by atoms with E-state index < -0.39 is 15.5 Å². The predicted octanol–water partition coefficient (Wildman–Crippen LogP) is 3.60. The van der Waals surface area contributed by atoms with Crippen LogP contribution in [0.25, 0.3) is 6.08 Å². The molecule has 0 spiro atoms. The molecular formula is C14H12N4O5. The summed E-state index contributed by atoms with van der Waals surface area (Å²) >= 11 is 0. The van der Waals surface area contributed by atoms with Crippen LogP contribution in [0, 0.1) is 20.2 Å². The molecule has 0 fully saturated rings. The number of hydrogen-bond acceptors (Lipinski definition) is 7. The van der Waals surface area contributed by atoms with Crippen LogP contribution in [0.15, 0.2) is 51.7 Å². The maximum absolute atomic E-state index is 11.0. The van der Waals surface area contributed by atoms with Gasteiger partial charge >= 0.3 is 5.69 Å². The third-order valence-corrected chi connectivity index (χ3v) is 2.76. The number of non-ortho nitro benzene ring substituents is 1. The molecule has 1 aromatic heterocycles. The standard InChI is InChI=1S/C14H12N4O5/c1-10(7-12-3-2-6-23-12)9-15-16-13-5-4-11(17(19)20)8-14(13)18(21)22/h2-9,16H,1H3. The van der Waals surface area contributed by atoms with Crippen molar-refractivity contribution in [2.45, 2.75) is 6.92 Å². The summed E-state index contributed by atoms with van der Waals surface area (Å²) < 4.78 is 5.14. The fourth-order valence-electron chi connectivity index (χ4n) is 1.72. The Bertz CT molecular complexity index is 780. The molecule has 0 aliphatic rings. The number of nitrogens with zero attached hydrogens (tertiary/aromatic N) is 3. The Balaban J connectivity index is 2.15. The Labute approximate surface area is 130 Å². The van der Waals surface area contributed by atoms with E-state index in [1.807, 2.05) is 0 Å². The molecule has 9 nitrogen and oxygen atoms in total. The van der Waals surface area contributed by atoms with E-state index in [0.29, 0.717) is 5.76 Å². The van der Waals surface area contributed by atoms with E-state index in [-0.39, 0.29) is 11.4 Å². The molecule has 118 valence electrons. The number of allylic oxidation sites excluding steroid dienone is 1. The van der Waals surface area contributed by atoms with Crippen LogP contribution >= 0.6 is 0 Å². The molecule has 0 unspecified atom stereocenters. The number of nitro groups is 2. The van der Waals surface area contributed by atoms with Gasteiger partial charge in [-0.3, -0.25) is 25.7 Å². The van der Waals surface area contributed by atoms with Gasteiger partial charge in [-0.1, -0.05) is 0 Å². The van der Waals surface area contributed by atoms with Crippen molar-refractivity contribution in [3.05, 3.63) is 68.2 Å². The van der Waals surface area contributed by atoms with Crippen LogP contribution in [0.4, 0.5) is 17.1 Å². The van der Waals surface area contributed by atoms with Crippen LogP contribution in [-0.4, -0.2) is 16.1 Å². The molecule has 0 saturated heterocycles. The van der Waals surface area contributed by atoms with E-state index in [2.05, 4.69) is 10.5 Å². The third kappa shape index (κ3) is 4.24. The maximum Gasteiger partial charge on any atom is 0.301 e. The Kier molecular flexibility index (Phi) is 4.82. The molecule has 23 heavy (non-hydrogen) atoms. The lowest BCUT2D eigenvalue weighted by Crippen LogP contribution is -1.98. The number of benzene rings is 1. The number of nitrogens with one attached hydrogen (secondary N) is 1. The van der Waals surface area contributed by atoms with E-state index in [1.54, 1.807) is 25.1 Å². The van der Waals surface area contributed by atoms with Crippen molar-refractivity contribution in [3.63, 3.8) is 0 Å². The van der Waals surface area contributed by atoms with Gasteiger partial charge in [-0.05, 0) is 36.8 Å². The molecule has 0 aliphatic heterocycles. The molecule has 1 N–H and O–H groups in total. The van der Waals surface area contributed by atoms with Gasteiger partial charge in [-0.2, -0.15) is 5.10 Å². The Hall–Kier alpha value is -3.49. The van der Waals surface area contributed by atoms with Gasteiger partial charge in [0.25, 0.3) is 5.69 Å². The third-order valence-electron chi connectivity index (χ3n) is 2.76. The van der Waals surface area contributed by atoms with E-state index >= 15 is 0 Å². The van der Waals surface area contributed by atoms with E-state index in [4.69, 9.17) is 4.42 Å². The first kappa shape index (κ1) is 15.9. The summed E-state index contributed by atoms with van der Waals surface area (Å²) in [6, 6.07) is 6.79. The molecule has 0 aliphatic carbocycles. The average molecular weight is 316 g/mol. The fourth-order valence-corrected chi connectivity index (χ4v) is 1.72. The van der Waals surface area contributed by atoms with E-state index in [1.165, 1.54) is 18.5 Å². The van der Waals surface area contributed by atoms with Gasteiger partial charge in [0.15, 0.2) is 0 Å². The second-order valence-electron chi connectivity index (χ2n) is 4.49. The molecular weight excluding hydrogens is 304 g/mol. The molecule has 0 atom stereocenters. The summed E-state index contributed by atoms with van der Waals surface area (Å²) in [6.07, 6.45) is 4.72. The highest BCUT2D eigenvalue weighted by Gasteiger charge is 2.18. The molecule has 1 aromatic carbocycles. The monoisotopic (exact) mass is 316 g/mol. The second kappa shape index (κ2) is 6.98. The molecule has 0 radical (unpaired) electrons. The van der Waals surface area contributed by atoms with Crippen molar-refractivity contribution in [2.24, 2.45) is 5.10 Å². The first-order valence-corrected chi connectivity index (χ1v) is 6.41. The molecule has 2 aromatic rings. The zero-order valence-corrected chi connectivity index (χ0v) is 12.0. The maximum atomic E-state index is 11.0. The number of hydrogen-bond donors (Lipinski definition) is 1. The number of furan rings is 1. The number of rotatable bonds is 6. The Morgan fingerprint density at radius 3 is 2.65 bits per heavy atom. The van der Waals surface area contributed by atoms with Gasteiger partial charge in [0, 0.05) is 6.07 Å². The quantitative estimate of drug-likeness (QED) is 0.493. The van der Waals surface area contributed by atoms with Crippen LogP contribution < -0.4 is 5.43 Å². The van der Waals surface area contributed by atoms with E-state index in [0.717, 1.165) is 17.7 Å². The smallest absolute Gasteiger partial charge is 0.301 e. The number of nitro benzene ring substituents is 2. The zero-order valence-electron chi connectivity index (χ0n) is 12.0. The molecule has 0 amide bonds. The van der Waals surface area contributed by atoms with E-state index in [9.17, 15) is 20.2 Å². The minimum atomic E-state index is -0.712. The van der Waals surface area contributed by atoms with Crippen molar-refractivity contribution in [1.29, 1.82) is 0 Å². The minimum absolute atomic E-state index is 0.0580. The lowest BCUT2D eigenvalue weighted by Gasteiger charge is -2.01. The van der Waals surface area contributed by atoms with Crippen molar-refractivity contribution in [1.82, 2.24) is 0 Å². The molecule has 2 rings (SSSR count). The number of anilines is 1. The van der Waals surface area contributed by atoms with Gasteiger partial charge in [0.1, 0.15) is 11.4 Å². The summed E-state index contributed by atoms with van der Waals surface area (Å²) in [5.74, 6) is 0.648. The first-order valence-electron chi connectivity index (χ1n) is 6.41. The normalized spacial score (nSPS) is 11.6. The Morgan fingerprint density at radius 1 is 1.26 bits per heavy atom. The summed E-state index contributed by atoms with van der Waals surface area (Å²) in [5, 5.41) is 25.5. The topological polar surface area (TPSA) is 124 Å². The Morgan fingerprint density at radius 2 is 2.04 bits per heavy atom. The van der Waals surface area contributed by atoms with Crippen molar-refractivity contribution in [2.75, 3.05) is 5.43 Å². The largest absolute Gasteiger partial charge is 0.465 e. The fraction of sp³-hybridized carbons (Fsp3) is 0.0714. The molecule has 0 saturated carbocycles. The van der Waals surface area contributed by atoms with Gasteiger partial charge in [-0.15, -0.1) is 0 Å². The molecule has 0 bridgehead atoms. The highest BCUT2D eigenvalue weighted by molar-refractivity contribution is 5.84. The van der Waals surface area contributed by atoms with Crippen LogP contribution in [0.3, 0.4) is 0 Å². The lowest BCUT2D eigenvalue weighted by molar-refractivity contribution is -0.393. The lowest BCUT2D eigenvalue weighted by atomic mass is 10.2. The summed E-state index contributed by atoms with van der Waals surface area (Å²) in [4.78, 5) is 20.2. The zero-order chi connectivity index (χ0) is 16.8. The van der Waals surface area contributed by atoms with Gasteiger partial charge in [0.2, 0.25) is 0 Å². The first-order chi connectivity index (χ1) is 11.0. The van der Waals surface area contributed by atoms with Crippen LogP contribution in [0.1, 0.15) is 12.7 Å². The predicted molar refractivity (Wildman–Crippen MR) is 84.2 cm³/mol. The highest BCUT2D eigenvalue weighted by atomic mass is 16.6. The second-order valence-corrected chi connectivity index (χ2v) is 4.49. The van der Waals surface area contributed by atoms with Crippen molar-refractivity contribution < 1.29 is 14.3 Å². The highest BCUT2D eigenvalue weighted by Crippen LogP contribution is 2.28. The molecule has 1 heterocycles. The van der Waals surface area contributed by atoms with Gasteiger partial charge in [0.05, 0.1) is 28.4 Å². The van der Waals surface area contributed by atoms with Crippen LogP contribution in [-0.2, 0) is 0 Å². The molecule has 9 heteroatoms. The summed E-state index contributed by atoms with van der Waals surface area (Å²) in [7, 11) is 0. The van der Waals surface area contributed by atoms with Gasteiger partial charge in [-0.25, -0.2) is 0 Å². The SMILES string of the molecule is CC(C=NNc1ccc([N+](=O)[O-])cc1[N+](=O)[O-])=Cc1ccco1. The van der Waals surface area contributed by atoms with Crippen LogP contribution in [0.2, 0.25) is 0 Å². The van der Waals surface area contributed by atoms with Crippen molar-refractivity contribution >= 4 is 29.4 Å².